The molecular formula is C32H29F2N5O2. The second kappa shape index (κ2) is 11.3. The molecule has 0 saturated heterocycles. The molecule has 2 amide bonds. The molecule has 1 unspecified atom stereocenters. The number of nitrogens with one attached hydrogen (secondary N) is 2. The van der Waals surface area contributed by atoms with Crippen LogP contribution < -0.4 is 10.2 Å². The van der Waals surface area contributed by atoms with Crippen LogP contribution in [0.4, 0.5) is 14.5 Å². The van der Waals surface area contributed by atoms with E-state index in [1.54, 1.807) is 70.0 Å². The molecule has 0 spiro atoms. The summed E-state index contributed by atoms with van der Waals surface area (Å²) in [5, 5.41) is 4.59. The van der Waals surface area contributed by atoms with Crippen LogP contribution in [-0.2, 0) is 16.0 Å². The number of imidazole rings is 1. The Hall–Kier alpha value is -4.92. The summed E-state index contributed by atoms with van der Waals surface area (Å²) in [4.78, 5) is 40.8. The van der Waals surface area contributed by atoms with Crippen LogP contribution in [0, 0.1) is 11.6 Å². The maximum atomic E-state index is 14.5. The van der Waals surface area contributed by atoms with Gasteiger partial charge in [-0.3, -0.25) is 19.5 Å². The molecule has 0 saturated carbocycles. The van der Waals surface area contributed by atoms with Crippen molar-refractivity contribution in [1.82, 2.24) is 20.3 Å². The highest BCUT2D eigenvalue weighted by Crippen LogP contribution is 2.32. The zero-order valence-corrected chi connectivity index (χ0v) is 22.9. The smallest absolute Gasteiger partial charge is 0.248 e. The van der Waals surface area contributed by atoms with Crippen molar-refractivity contribution in [1.29, 1.82) is 0 Å². The predicted octanol–water partition coefficient (Wildman–Crippen LogP) is 6.13. The van der Waals surface area contributed by atoms with E-state index in [2.05, 4.69) is 20.3 Å². The van der Waals surface area contributed by atoms with E-state index in [0.717, 1.165) is 40.2 Å². The molecule has 7 nitrogen and oxygen atoms in total. The molecule has 0 aliphatic carbocycles. The van der Waals surface area contributed by atoms with Crippen LogP contribution in [0.25, 0.3) is 22.0 Å². The van der Waals surface area contributed by atoms with Crippen molar-refractivity contribution in [2.75, 3.05) is 4.90 Å². The summed E-state index contributed by atoms with van der Waals surface area (Å²) < 4.78 is 29.0. The molecular weight excluding hydrogens is 524 g/mol. The quantitative estimate of drug-likeness (QED) is 0.254. The Bertz CT molecular complexity index is 1670. The van der Waals surface area contributed by atoms with Gasteiger partial charge in [-0.2, -0.15) is 0 Å². The van der Waals surface area contributed by atoms with E-state index >= 15 is 0 Å². The maximum Gasteiger partial charge on any atom is 0.248 e. The van der Waals surface area contributed by atoms with Crippen molar-refractivity contribution in [3.63, 3.8) is 0 Å². The highest BCUT2D eigenvalue weighted by atomic mass is 19.1. The lowest BCUT2D eigenvalue weighted by molar-refractivity contribution is -0.127. The molecule has 2 heterocycles. The molecule has 5 aromatic rings. The van der Waals surface area contributed by atoms with Gasteiger partial charge in [0, 0.05) is 35.1 Å². The Balaban J connectivity index is 1.64. The van der Waals surface area contributed by atoms with E-state index in [9.17, 15) is 18.4 Å². The number of fused-ring (bicyclic) bond motifs is 1. The maximum absolute atomic E-state index is 14.5. The van der Waals surface area contributed by atoms with Crippen molar-refractivity contribution in [2.24, 2.45) is 0 Å². The Morgan fingerprint density at radius 3 is 2.29 bits per heavy atom. The highest BCUT2D eigenvalue weighted by molar-refractivity contribution is 6.03. The number of pyridine rings is 1. The number of aromatic amines is 1. The standard InChI is InChI=1S/C32H29F2N5O2/c1-32(2,3)38-31(41)30(22-12-24(33)15-25(34)13-22)39(26-10-8-20(9-11-26)28-18-36-19-37-28)29(40)14-23-17-35-16-21-6-4-5-7-27(21)23/h4-13,15-19,30H,14H2,1-3H3,(H,36,37)(H,38,41). The van der Waals surface area contributed by atoms with Gasteiger partial charge in [-0.15, -0.1) is 0 Å². The minimum absolute atomic E-state index is 0.00582. The van der Waals surface area contributed by atoms with Crippen LogP contribution in [0.5, 0.6) is 0 Å². The number of aromatic nitrogens is 3. The molecule has 0 aliphatic heterocycles. The number of rotatable bonds is 7. The van der Waals surface area contributed by atoms with Gasteiger partial charge in [0.25, 0.3) is 0 Å². The lowest BCUT2D eigenvalue weighted by Gasteiger charge is -2.34. The monoisotopic (exact) mass is 553 g/mol. The molecule has 0 fully saturated rings. The van der Waals surface area contributed by atoms with Crippen LogP contribution >= 0.6 is 0 Å². The number of anilines is 1. The van der Waals surface area contributed by atoms with Gasteiger partial charge in [-0.05, 0) is 67.1 Å². The van der Waals surface area contributed by atoms with Crippen LogP contribution in [0.3, 0.4) is 0 Å². The average Bonchev–Trinajstić information content (AvgIpc) is 3.45. The Morgan fingerprint density at radius 2 is 1.63 bits per heavy atom. The van der Waals surface area contributed by atoms with Gasteiger partial charge in [0.15, 0.2) is 0 Å². The number of carbonyl (C=O) groups excluding carboxylic acids is 2. The van der Waals surface area contributed by atoms with E-state index in [4.69, 9.17) is 0 Å². The number of carbonyl (C=O) groups is 2. The lowest BCUT2D eigenvalue weighted by Crippen LogP contribution is -2.50. The predicted molar refractivity (Wildman–Crippen MR) is 154 cm³/mol. The van der Waals surface area contributed by atoms with E-state index in [-0.39, 0.29) is 12.0 Å². The molecule has 1 atom stereocenters. The summed E-state index contributed by atoms with van der Waals surface area (Å²) in [7, 11) is 0. The second-order valence-corrected chi connectivity index (χ2v) is 10.8. The Morgan fingerprint density at radius 1 is 0.927 bits per heavy atom. The van der Waals surface area contributed by atoms with Gasteiger partial charge < -0.3 is 10.3 Å². The van der Waals surface area contributed by atoms with Crippen molar-refractivity contribution in [2.45, 2.75) is 38.8 Å². The number of hydrogen-bond acceptors (Lipinski definition) is 4. The van der Waals surface area contributed by atoms with Gasteiger partial charge in [-0.1, -0.05) is 36.4 Å². The molecule has 2 aromatic heterocycles. The summed E-state index contributed by atoms with van der Waals surface area (Å²) in [5.41, 5.74) is 1.94. The molecule has 41 heavy (non-hydrogen) atoms. The SMILES string of the molecule is CC(C)(C)NC(=O)C(c1cc(F)cc(F)c1)N(C(=O)Cc1cncc2ccccc12)c1ccc(-c2cnc[nH]2)cc1. The molecule has 9 heteroatoms. The van der Waals surface area contributed by atoms with Crippen molar-refractivity contribution < 1.29 is 18.4 Å². The number of hydrogen-bond donors (Lipinski definition) is 2. The summed E-state index contributed by atoms with van der Waals surface area (Å²) in [6.45, 7) is 5.38. The van der Waals surface area contributed by atoms with Crippen LogP contribution in [0.15, 0.2) is 91.6 Å². The number of H-pyrrole nitrogens is 1. The number of halogens is 2. The molecule has 5 rings (SSSR count). The first kappa shape index (κ1) is 27.6. The summed E-state index contributed by atoms with van der Waals surface area (Å²) in [6.07, 6.45) is 6.45. The van der Waals surface area contributed by atoms with Crippen molar-refractivity contribution >= 4 is 28.3 Å². The highest BCUT2D eigenvalue weighted by Gasteiger charge is 2.35. The van der Waals surface area contributed by atoms with Crippen molar-refractivity contribution in [3.05, 3.63) is 114 Å². The number of benzene rings is 3. The van der Waals surface area contributed by atoms with E-state index in [1.165, 1.54) is 4.90 Å². The molecule has 2 N–H and O–H groups in total. The second-order valence-electron chi connectivity index (χ2n) is 10.8. The third-order valence-electron chi connectivity index (χ3n) is 6.52. The van der Waals surface area contributed by atoms with Gasteiger partial charge in [0.2, 0.25) is 11.8 Å². The van der Waals surface area contributed by atoms with Crippen LogP contribution in [-0.4, -0.2) is 32.3 Å². The largest absolute Gasteiger partial charge is 0.349 e. The zero-order chi connectivity index (χ0) is 29.1. The Labute approximate surface area is 236 Å². The first-order valence-corrected chi connectivity index (χ1v) is 13.1. The van der Waals surface area contributed by atoms with Crippen molar-refractivity contribution in [3.8, 4) is 11.3 Å². The van der Waals surface area contributed by atoms with E-state index in [0.29, 0.717) is 11.3 Å². The fourth-order valence-corrected chi connectivity index (χ4v) is 4.81. The number of nitrogens with zero attached hydrogens (tertiary/aromatic N) is 3. The zero-order valence-electron chi connectivity index (χ0n) is 22.9. The van der Waals surface area contributed by atoms with Crippen LogP contribution in [0.1, 0.15) is 37.9 Å². The Kier molecular flexibility index (Phi) is 7.61. The minimum Gasteiger partial charge on any atom is -0.349 e. The normalized spacial score (nSPS) is 12.2. The molecule has 3 aromatic carbocycles. The molecule has 0 aliphatic rings. The van der Waals surface area contributed by atoms with E-state index in [1.807, 2.05) is 24.3 Å². The van der Waals surface area contributed by atoms with E-state index < -0.39 is 35.0 Å². The average molecular weight is 554 g/mol. The molecule has 0 radical (unpaired) electrons. The fourth-order valence-electron chi connectivity index (χ4n) is 4.81. The summed E-state index contributed by atoms with van der Waals surface area (Å²) in [5.74, 6) is -2.73. The molecule has 0 bridgehead atoms. The van der Waals surface area contributed by atoms with Gasteiger partial charge in [-0.25, -0.2) is 13.8 Å². The first-order chi connectivity index (χ1) is 19.6. The third kappa shape index (κ3) is 6.30. The van der Waals surface area contributed by atoms with Crippen LogP contribution in [0.2, 0.25) is 0 Å². The minimum atomic E-state index is -1.37. The topological polar surface area (TPSA) is 91.0 Å². The van der Waals surface area contributed by atoms with Gasteiger partial charge in [0.1, 0.15) is 17.7 Å². The third-order valence-corrected chi connectivity index (χ3v) is 6.52. The van der Waals surface area contributed by atoms with Gasteiger partial charge >= 0.3 is 0 Å². The summed E-state index contributed by atoms with van der Waals surface area (Å²) >= 11 is 0. The molecule has 208 valence electrons. The summed E-state index contributed by atoms with van der Waals surface area (Å²) in [6, 6.07) is 16.0. The first-order valence-electron chi connectivity index (χ1n) is 13.1. The fraction of sp³-hybridized carbons (Fsp3) is 0.188. The number of amides is 2. The van der Waals surface area contributed by atoms with Gasteiger partial charge in [0.05, 0.1) is 24.6 Å². The lowest BCUT2D eigenvalue weighted by atomic mass is 9.98.